The first kappa shape index (κ1) is 21.2. The zero-order chi connectivity index (χ0) is 20.9. The minimum Gasteiger partial charge on any atom is -0.343 e. The molecule has 0 bridgehead atoms. The number of nitrogens with one attached hydrogen (secondary N) is 1. The standard InChI is InChI=1S/C25H37N3O2/c1-19(29)27-15-13-21(14-16-27)17-20-7-9-22(10-8-20)18-28(24-11-12-24)25(30)26-23-5-3-2-4-6-23/h7-10,21,23-24H,2-6,11-18H2,1H3,(H,26,30). The van der Waals surface area contributed by atoms with Gasteiger partial charge in [0.2, 0.25) is 5.91 Å². The maximum absolute atomic E-state index is 12.9. The van der Waals surface area contributed by atoms with Gasteiger partial charge in [-0.2, -0.15) is 0 Å². The number of amides is 3. The number of rotatable bonds is 6. The lowest BCUT2D eigenvalue weighted by Crippen LogP contribution is -2.46. The Balaban J connectivity index is 1.28. The normalized spacial score (nSPS) is 20.8. The van der Waals surface area contributed by atoms with Gasteiger partial charge in [0.05, 0.1) is 0 Å². The number of hydrogen-bond donors (Lipinski definition) is 1. The number of carbonyl (C=O) groups is 2. The third-order valence-electron chi connectivity index (χ3n) is 7.14. The van der Waals surface area contributed by atoms with Crippen LogP contribution in [0.2, 0.25) is 0 Å². The number of nitrogens with zero attached hydrogens (tertiary/aromatic N) is 2. The van der Waals surface area contributed by atoms with E-state index in [1.807, 2.05) is 4.90 Å². The van der Waals surface area contributed by atoms with Crippen LogP contribution >= 0.6 is 0 Å². The molecule has 1 aromatic rings. The molecule has 1 saturated heterocycles. The molecule has 1 aromatic carbocycles. The molecule has 30 heavy (non-hydrogen) atoms. The number of urea groups is 1. The van der Waals surface area contributed by atoms with Gasteiger partial charge in [-0.1, -0.05) is 43.5 Å². The summed E-state index contributed by atoms with van der Waals surface area (Å²) >= 11 is 0. The topological polar surface area (TPSA) is 52.7 Å². The Morgan fingerprint density at radius 2 is 1.57 bits per heavy atom. The zero-order valence-corrected chi connectivity index (χ0v) is 18.4. The van der Waals surface area contributed by atoms with Crippen LogP contribution in [-0.2, 0) is 17.8 Å². The van der Waals surface area contributed by atoms with E-state index in [1.54, 1.807) is 6.92 Å². The average Bonchev–Trinajstić information content (AvgIpc) is 3.59. The highest BCUT2D eigenvalue weighted by atomic mass is 16.2. The molecule has 0 aromatic heterocycles. The zero-order valence-electron chi connectivity index (χ0n) is 18.4. The summed E-state index contributed by atoms with van der Waals surface area (Å²) in [4.78, 5) is 28.4. The fourth-order valence-corrected chi connectivity index (χ4v) is 5.02. The van der Waals surface area contributed by atoms with Gasteiger partial charge >= 0.3 is 6.03 Å². The van der Waals surface area contributed by atoms with Crippen molar-refractivity contribution in [3.8, 4) is 0 Å². The van der Waals surface area contributed by atoms with Gasteiger partial charge in [0.25, 0.3) is 0 Å². The number of hydrogen-bond acceptors (Lipinski definition) is 2. The number of likely N-dealkylation sites (tertiary alicyclic amines) is 1. The summed E-state index contributed by atoms with van der Waals surface area (Å²) < 4.78 is 0. The summed E-state index contributed by atoms with van der Waals surface area (Å²) in [5, 5.41) is 3.30. The van der Waals surface area contributed by atoms with Gasteiger partial charge in [-0.3, -0.25) is 4.79 Å². The second-order valence-electron chi connectivity index (χ2n) is 9.61. The van der Waals surface area contributed by atoms with Crippen molar-refractivity contribution >= 4 is 11.9 Å². The highest BCUT2D eigenvalue weighted by Gasteiger charge is 2.33. The molecule has 3 aliphatic rings. The Morgan fingerprint density at radius 1 is 0.933 bits per heavy atom. The molecule has 2 saturated carbocycles. The Labute approximate surface area is 181 Å². The fraction of sp³-hybridized carbons (Fsp3) is 0.680. The summed E-state index contributed by atoms with van der Waals surface area (Å²) in [7, 11) is 0. The third-order valence-corrected chi connectivity index (χ3v) is 7.14. The predicted octanol–water partition coefficient (Wildman–Crippen LogP) is 4.49. The van der Waals surface area contributed by atoms with Crippen molar-refractivity contribution in [3.05, 3.63) is 35.4 Å². The Kier molecular flexibility index (Phi) is 6.96. The lowest BCUT2D eigenvalue weighted by Gasteiger charge is -2.31. The van der Waals surface area contributed by atoms with E-state index in [0.717, 1.165) is 58.0 Å². The second kappa shape index (κ2) is 9.84. The summed E-state index contributed by atoms with van der Waals surface area (Å²) in [6, 6.07) is 9.77. The lowest BCUT2D eigenvalue weighted by molar-refractivity contribution is -0.130. The Morgan fingerprint density at radius 3 is 2.17 bits per heavy atom. The van der Waals surface area contributed by atoms with Crippen molar-refractivity contribution in [1.29, 1.82) is 0 Å². The van der Waals surface area contributed by atoms with Crippen molar-refractivity contribution in [3.63, 3.8) is 0 Å². The predicted molar refractivity (Wildman–Crippen MR) is 119 cm³/mol. The van der Waals surface area contributed by atoms with Crippen LogP contribution in [0.3, 0.4) is 0 Å². The van der Waals surface area contributed by atoms with Crippen molar-refractivity contribution < 1.29 is 9.59 Å². The van der Waals surface area contributed by atoms with Crippen LogP contribution in [0.15, 0.2) is 24.3 Å². The summed E-state index contributed by atoms with van der Waals surface area (Å²) in [6.07, 6.45) is 11.6. The van der Waals surface area contributed by atoms with E-state index in [1.165, 1.54) is 30.4 Å². The summed E-state index contributed by atoms with van der Waals surface area (Å²) in [5.41, 5.74) is 2.58. The second-order valence-corrected chi connectivity index (χ2v) is 9.61. The van der Waals surface area contributed by atoms with Gasteiger partial charge in [-0.25, -0.2) is 4.79 Å². The highest BCUT2D eigenvalue weighted by Crippen LogP contribution is 2.29. The van der Waals surface area contributed by atoms with E-state index in [0.29, 0.717) is 24.5 Å². The number of carbonyl (C=O) groups excluding carboxylic acids is 2. The first-order valence-corrected chi connectivity index (χ1v) is 12.0. The smallest absolute Gasteiger partial charge is 0.318 e. The fourth-order valence-electron chi connectivity index (χ4n) is 5.02. The molecule has 5 nitrogen and oxygen atoms in total. The van der Waals surface area contributed by atoms with Crippen molar-refractivity contribution in [2.75, 3.05) is 13.1 Å². The van der Waals surface area contributed by atoms with Crippen LogP contribution in [0, 0.1) is 5.92 Å². The molecular formula is C25H37N3O2. The van der Waals surface area contributed by atoms with Crippen LogP contribution in [0.4, 0.5) is 4.79 Å². The highest BCUT2D eigenvalue weighted by molar-refractivity contribution is 5.75. The van der Waals surface area contributed by atoms with E-state index in [9.17, 15) is 9.59 Å². The van der Waals surface area contributed by atoms with Crippen LogP contribution in [0.5, 0.6) is 0 Å². The molecule has 2 aliphatic carbocycles. The van der Waals surface area contributed by atoms with Gasteiger partial charge in [-0.05, 0) is 62.0 Å². The monoisotopic (exact) mass is 411 g/mol. The Bertz CT molecular complexity index is 714. The van der Waals surface area contributed by atoms with E-state index in [-0.39, 0.29) is 11.9 Å². The van der Waals surface area contributed by atoms with Gasteiger partial charge in [0.1, 0.15) is 0 Å². The van der Waals surface area contributed by atoms with Crippen molar-refractivity contribution in [1.82, 2.24) is 15.1 Å². The van der Waals surface area contributed by atoms with Crippen molar-refractivity contribution in [2.24, 2.45) is 5.92 Å². The summed E-state index contributed by atoms with van der Waals surface area (Å²) in [6.45, 7) is 4.16. The minimum atomic E-state index is 0.130. The largest absolute Gasteiger partial charge is 0.343 e. The molecule has 4 rings (SSSR count). The van der Waals surface area contributed by atoms with Gasteiger partial charge in [0.15, 0.2) is 0 Å². The maximum Gasteiger partial charge on any atom is 0.318 e. The van der Waals surface area contributed by atoms with Crippen LogP contribution in [0.1, 0.15) is 75.8 Å². The SMILES string of the molecule is CC(=O)N1CCC(Cc2ccc(CN(C(=O)NC3CCCCC3)C3CC3)cc2)CC1. The molecular weight excluding hydrogens is 374 g/mol. The minimum absolute atomic E-state index is 0.130. The van der Waals surface area contributed by atoms with E-state index >= 15 is 0 Å². The molecule has 1 heterocycles. The van der Waals surface area contributed by atoms with Gasteiger partial charge < -0.3 is 15.1 Å². The number of piperidine rings is 1. The molecule has 3 amide bonds. The molecule has 1 N–H and O–H groups in total. The van der Waals surface area contributed by atoms with Gasteiger partial charge in [0, 0.05) is 38.6 Å². The first-order chi connectivity index (χ1) is 14.6. The molecule has 3 fully saturated rings. The summed E-state index contributed by atoms with van der Waals surface area (Å²) in [5.74, 6) is 0.862. The molecule has 0 spiro atoms. The van der Waals surface area contributed by atoms with Crippen LogP contribution in [0.25, 0.3) is 0 Å². The van der Waals surface area contributed by atoms with Gasteiger partial charge in [-0.15, -0.1) is 0 Å². The van der Waals surface area contributed by atoms with Crippen LogP contribution in [-0.4, -0.2) is 46.9 Å². The molecule has 0 unspecified atom stereocenters. The average molecular weight is 412 g/mol. The quantitative estimate of drug-likeness (QED) is 0.750. The number of benzene rings is 1. The lowest BCUT2D eigenvalue weighted by atomic mass is 9.90. The third kappa shape index (κ3) is 5.77. The first-order valence-electron chi connectivity index (χ1n) is 12.0. The molecule has 0 radical (unpaired) electrons. The van der Waals surface area contributed by atoms with E-state index in [2.05, 4.69) is 34.5 Å². The molecule has 0 atom stereocenters. The van der Waals surface area contributed by atoms with E-state index in [4.69, 9.17) is 0 Å². The van der Waals surface area contributed by atoms with E-state index < -0.39 is 0 Å². The molecule has 164 valence electrons. The maximum atomic E-state index is 12.9. The molecule has 1 aliphatic heterocycles. The van der Waals surface area contributed by atoms with Crippen LogP contribution < -0.4 is 5.32 Å². The molecule has 5 heteroatoms. The van der Waals surface area contributed by atoms with Crippen molar-refractivity contribution in [2.45, 2.75) is 89.8 Å². The Hall–Kier alpha value is -2.04.